The molecular formula is C19H26N4O2. The molecule has 134 valence electrons. The molecule has 2 atom stereocenters. The van der Waals surface area contributed by atoms with Gasteiger partial charge in [0.05, 0.1) is 31.1 Å². The van der Waals surface area contributed by atoms with Gasteiger partial charge >= 0.3 is 0 Å². The molecule has 2 aliphatic rings. The third-order valence-electron chi connectivity index (χ3n) is 5.17. The van der Waals surface area contributed by atoms with Crippen LogP contribution >= 0.6 is 0 Å². The SMILES string of the molecule is Cn1cc(CN2CCC[C@@]3(C[C@H](OCc4cccnc4)CO3)C2)cn1. The summed E-state index contributed by atoms with van der Waals surface area (Å²) in [6.45, 7) is 4.36. The third-order valence-corrected chi connectivity index (χ3v) is 5.17. The molecule has 2 fully saturated rings. The molecule has 2 aromatic heterocycles. The van der Waals surface area contributed by atoms with E-state index in [0.717, 1.165) is 38.0 Å². The van der Waals surface area contributed by atoms with Crippen LogP contribution < -0.4 is 0 Å². The molecule has 6 heteroatoms. The summed E-state index contributed by atoms with van der Waals surface area (Å²) in [5.41, 5.74) is 2.34. The molecule has 0 bridgehead atoms. The van der Waals surface area contributed by atoms with Crippen LogP contribution in [-0.4, -0.2) is 51.1 Å². The second-order valence-electron chi connectivity index (χ2n) is 7.33. The Labute approximate surface area is 148 Å². The lowest BCUT2D eigenvalue weighted by Gasteiger charge is -2.39. The molecule has 0 aliphatic carbocycles. The lowest BCUT2D eigenvalue weighted by atomic mass is 9.89. The summed E-state index contributed by atoms with van der Waals surface area (Å²) in [5.74, 6) is 0. The zero-order chi connectivity index (χ0) is 17.1. The largest absolute Gasteiger partial charge is 0.371 e. The lowest BCUT2D eigenvalue weighted by molar-refractivity contribution is -0.0548. The Morgan fingerprint density at radius 2 is 2.32 bits per heavy atom. The predicted octanol–water partition coefficient (Wildman–Crippen LogP) is 2.16. The zero-order valence-corrected chi connectivity index (χ0v) is 14.8. The van der Waals surface area contributed by atoms with Crippen LogP contribution in [0.25, 0.3) is 0 Å². The number of piperidine rings is 1. The summed E-state index contributed by atoms with van der Waals surface area (Å²) in [6.07, 6.45) is 11.2. The molecule has 0 aromatic carbocycles. The van der Waals surface area contributed by atoms with Gasteiger partial charge in [0.1, 0.15) is 0 Å². The van der Waals surface area contributed by atoms with E-state index in [-0.39, 0.29) is 11.7 Å². The van der Waals surface area contributed by atoms with Crippen LogP contribution in [0.5, 0.6) is 0 Å². The molecule has 6 nitrogen and oxygen atoms in total. The van der Waals surface area contributed by atoms with Gasteiger partial charge in [-0.1, -0.05) is 6.07 Å². The van der Waals surface area contributed by atoms with E-state index in [4.69, 9.17) is 9.47 Å². The van der Waals surface area contributed by atoms with Crippen LogP contribution in [-0.2, 0) is 29.7 Å². The number of likely N-dealkylation sites (tertiary alicyclic amines) is 1. The maximum Gasteiger partial charge on any atom is 0.0841 e. The normalized spacial score (nSPS) is 27.2. The highest BCUT2D eigenvalue weighted by Crippen LogP contribution is 2.36. The van der Waals surface area contributed by atoms with Crippen LogP contribution in [0, 0.1) is 0 Å². The minimum atomic E-state index is -0.0416. The molecule has 1 spiro atoms. The van der Waals surface area contributed by atoms with Crippen LogP contribution in [0.3, 0.4) is 0 Å². The highest BCUT2D eigenvalue weighted by molar-refractivity contribution is 5.07. The van der Waals surface area contributed by atoms with E-state index in [1.165, 1.54) is 12.0 Å². The zero-order valence-electron chi connectivity index (χ0n) is 14.8. The number of hydrogen-bond donors (Lipinski definition) is 0. The average molecular weight is 342 g/mol. The number of hydrogen-bond acceptors (Lipinski definition) is 5. The molecular weight excluding hydrogens is 316 g/mol. The van der Waals surface area contributed by atoms with Gasteiger partial charge in [0.2, 0.25) is 0 Å². The quantitative estimate of drug-likeness (QED) is 0.833. The summed E-state index contributed by atoms with van der Waals surface area (Å²) >= 11 is 0. The number of aromatic nitrogens is 3. The molecule has 2 saturated heterocycles. The third kappa shape index (κ3) is 4.08. The number of pyridine rings is 1. The molecule has 25 heavy (non-hydrogen) atoms. The van der Waals surface area contributed by atoms with Crippen molar-refractivity contribution in [3.63, 3.8) is 0 Å². The summed E-state index contributed by atoms with van der Waals surface area (Å²) < 4.78 is 14.2. The second-order valence-corrected chi connectivity index (χ2v) is 7.33. The first kappa shape index (κ1) is 16.7. The molecule has 0 amide bonds. The number of nitrogens with zero attached hydrogens (tertiary/aromatic N) is 4. The first-order chi connectivity index (χ1) is 12.2. The van der Waals surface area contributed by atoms with Crippen molar-refractivity contribution in [3.8, 4) is 0 Å². The predicted molar refractivity (Wildman–Crippen MR) is 93.8 cm³/mol. The van der Waals surface area contributed by atoms with Gasteiger partial charge in [-0.2, -0.15) is 5.10 Å². The van der Waals surface area contributed by atoms with Gasteiger partial charge in [0.15, 0.2) is 0 Å². The van der Waals surface area contributed by atoms with Gasteiger partial charge in [-0.05, 0) is 31.0 Å². The summed E-state index contributed by atoms with van der Waals surface area (Å²) in [5, 5.41) is 4.27. The Hall–Kier alpha value is -1.76. The molecule has 4 rings (SSSR count). The van der Waals surface area contributed by atoms with Gasteiger partial charge in [0.25, 0.3) is 0 Å². The van der Waals surface area contributed by atoms with E-state index < -0.39 is 0 Å². The fraction of sp³-hybridized carbons (Fsp3) is 0.579. The first-order valence-corrected chi connectivity index (χ1v) is 9.05. The van der Waals surface area contributed by atoms with Crippen LogP contribution in [0.2, 0.25) is 0 Å². The van der Waals surface area contributed by atoms with E-state index >= 15 is 0 Å². The van der Waals surface area contributed by atoms with Crippen molar-refractivity contribution in [2.75, 3.05) is 19.7 Å². The second kappa shape index (κ2) is 7.23. The fourth-order valence-electron chi connectivity index (χ4n) is 4.03. The average Bonchev–Trinajstić information content (AvgIpc) is 3.20. The van der Waals surface area contributed by atoms with E-state index in [1.807, 2.05) is 30.2 Å². The Bertz CT molecular complexity index is 690. The lowest BCUT2D eigenvalue weighted by Crippen LogP contribution is -2.47. The Balaban J connectivity index is 1.31. The minimum absolute atomic E-state index is 0.0416. The number of ether oxygens (including phenoxy) is 2. The Morgan fingerprint density at radius 3 is 3.12 bits per heavy atom. The van der Waals surface area contributed by atoms with Crippen molar-refractivity contribution in [1.29, 1.82) is 0 Å². The van der Waals surface area contributed by atoms with Crippen molar-refractivity contribution in [2.45, 2.75) is 44.1 Å². The molecule has 0 unspecified atom stereocenters. The summed E-state index contributed by atoms with van der Waals surface area (Å²) in [4.78, 5) is 6.63. The molecule has 4 heterocycles. The van der Waals surface area contributed by atoms with Crippen LogP contribution in [0.4, 0.5) is 0 Å². The molecule has 2 aromatic rings. The van der Waals surface area contributed by atoms with Crippen LogP contribution in [0.1, 0.15) is 30.4 Å². The first-order valence-electron chi connectivity index (χ1n) is 9.05. The van der Waals surface area contributed by atoms with Crippen molar-refractivity contribution in [1.82, 2.24) is 19.7 Å². The van der Waals surface area contributed by atoms with Gasteiger partial charge in [-0.15, -0.1) is 0 Å². The molecule has 2 aliphatic heterocycles. The van der Waals surface area contributed by atoms with Gasteiger partial charge in [0, 0.05) is 50.7 Å². The molecule has 0 N–H and O–H groups in total. The van der Waals surface area contributed by atoms with Crippen LogP contribution in [0.15, 0.2) is 36.9 Å². The minimum Gasteiger partial charge on any atom is -0.371 e. The van der Waals surface area contributed by atoms with E-state index in [9.17, 15) is 0 Å². The number of aryl methyl sites for hydroxylation is 1. The molecule has 0 saturated carbocycles. The highest BCUT2D eigenvalue weighted by atomic mass is 16.6. The molecule has 0 radical (unpaired) electrons. The van der Waals surface area contributed by atoms with E-state index in [0.29, 0.717) is 13.2 Å². The van der Waals surface area contributed by atoms with Gasteiger partial charge in [-0.3, -0.25) is 14.6 Å². The monoisotopic (exact) mass is 342 g/mol. The van der Waals surface area contributed by atoms with Gasteiger partial charge in [-0.25, -0.2) is 0 Å². The van der Waals surface area contributed by atoms with Crippen molar-refractivity contribution in [2.24, 2.45) is 7.05 Å². The smallest absolute Gasteiger partial charge is 0.0841 e. The maximum absolute atomic E-state index is 6.25. The van der Waals surface area contributed by atoms with E-state index in [2.05, 4.69) is 27.2 Å². The summed E-state index contributed by atoms with van der Waals surface area (Å²) in [7, 11) is 1.96. The van der Waals surface area contributed by atoms with E-state index in [1.54, 1.807) is 6.20 Å². The topological polar surface area (TPSA) is 52.4 Å². The Kier molecular flexibility index (Phi) is 4.83. The maximum atomic E-state index is 6.25. The summed E-state index contributed by atoms with van der Waals surface area (Å²) in [6, 6.07) is 4.00. The van der Waals surface area contributed by atoms with Gasteiger partial charge < -0.3 is 9.47 Å². The Morgan fingerprint density at radius 1 is 1.36 bits per heavy atom. The van der Waals surface area contributed by atoms with Crippen molar-refractivity contribution in [3.05, 3.63) is 48.0 Å². The van der Waals surface area contributed by atoms with Crippen molar-refractivity contribution >= 4 is 0 Å². The highest BCUT2D eigenvalue weighted by Gasteiger charge is 2.43. The standard InChI is InChI=1S/C19H26N4O2/c1-22-11-17(10-21-22)12-23-7-3-5-19(15-23)8-18(14-25-19)24-13-16-4-2-6-20-9-16/h2,4,6,9-11,18H,3,5,7-8,12-15H2,1H3/t18-,19+/m0/s1. The number of rotatable bonds is 5. The fourth-order valence-corrected chi connectivity index (χ4v) is 4.03. The van der Waals surface area contributed by atoms with Crippen molar-refractivity contribution < 1.29 is 9.47 Å².